The first-order valence-electron chi connectivity index (χ1n) is 9.42. The number of aromatic nitrogens is 6. The first kappa shape index (κ1) is 17.2. The Morgan fingerprint density at radius 1 is 1.07 bits per heavy atom. The van der Waals surface area contributed by atoms with Gasteiger partial charge in [-0.15, -0.1) is 0 Å². The van der Waals surface area contributed by atoms with Crippen LogP contribution in [-0.4, -0.2) is 30.1 Å². The van der Waals surface area contributed by atoms with Gasteiger partial charge in [0, 0.05) is 28.9 Å². The van der Waals surface area contributed by atoms with Crippen LogP contribution in [-0.2, 0) is 0 Å². The fraction of sp³-hybridized carbons (Fsp3) is 0.136. The maximum Gasteiger partial charge on any atom is 0.160 e. The second-order valence-electron chi connectivity index (χ2n) is 7.04. The van der Waals surface area contributed by atoms with Gasteiger partial charge in [-0.05, 0) is 37.6 Å². The number of nitrogens with one attached hydrogen (secondary N) is 2. The summed E-state index contributed by atoms with van der Waals surface area (Å²) in [7, 11) is 0. The van der Waals surface area contributed by atoms with Gasteiger partial charge in [0.05, 0.1) is 28.8 Å². The quantitative estimate of drug-likeness (QED) is 0.478. The van der Waals surface area contributed by atoms with Crippen molar-refractivity contribution in [1.82, 2.24) is 30.1 Å². The zero-order valence-electron chi connectivity index (χ0n) is 16.1. The third kappa shape index (κ3) is 3.06. The molecule has 0 amide bonds. The van der Waals surface area contributed by atoms with Gasteiger partial charge in [0.15, 0.2) is 5.65 Å². The summed E-state index contributed by atoms with van der Waals surface area (Å²) in [6.07, 6.45) is 6.88. The number of hydrogen-bond acceptors (Lipinski definition) is 6. The first-order valence-corrected chi connectivity index (χ1v) is 9.42. The lowest BCUT2D eigenvalue weighted by molar-refractivity contribution is 0.873. The molecule has 5 rings (SSSR count). The summed E-state index contributed by atoms with van der Waals surface area (Å²) in [4.78, 5) is 17.9. The number of para-hydroxylation sites is 1. The standard InChI is InChI=1S/C22H19N7/c1-13-5-3-6-15-9-17(20(28-19(13)15)16-7-4-8-23-10-16)14(2)27-21-18-11-26-29-22(18)25-12-24-21/h3-12,14H,1-2H3,(H2,24,25,26,27,29)/t14-/m0/s1. The van der Waals surface area contributed by atoms with Crippen molar-refractivity contribution in [2.75, 3.05) is 5.32 Å². The summed E-state index contributed by atoms with van der Waals surface area (Å²) in [5.41, 5.74) is 5.83. The lowest BCUT2D eigenvalue weighted by Gasteiger charge is -2.19. The molecule has 142 valence electrons. The van der Waals surface area contributed by atoms with Crippen LogP contribution in [0.25, 0.3) is 33.2 Å². The number of benzene rings is 1. The van der Waals surface area contributed by atoms with Gasteiger partial charge >= 0.3 is 0 Å². The zero-order valence-corrected chi connectivity index (χ0v) is 16.1. The minimum Gasteiger partial charge on any atom is -0.363 e. The van der Waals surface area contributed by atoms with Crippen LogP contribution in [0, 0.1) is 6.92 Å². The highest BCUT2D eigenvalue weighted by Gasteiger charge is 2.18. The van der Waals surface area contributed by atoms with Gasteiger partial charge in [0.2, 0.25) is 0 Å². The maximum absolute atomic E-state index is 5.03. The van der Waals surface area contributed by atoms with Crippen molar-refractivity contribution in [2.45, 2.75) is 19.9 Å². The zero-order chi connectivity index (χ0) is 19.8. The molecule has 0 aliphatic carbocycles. The lowest BCUT2D eigenvalue weighted by Crippen LogP contribution is -2.11. The van der Waals surface area contributed by atoms with E-state index in [0.29, 0.717) is 5.65 Å². The molecule has 0 fully saturated rings. The average Bonchev–Trinajstić information content (AvgIpc) is 3.24. The number of fused-ring (bicyclic) bond motifs is 2. The summed E-state index contributed by atoms with van der Waals surface area (Å²) in [6.45, 7) is 4.19. The van der Waals surface area contributed by atoms with E-state index in [1.165, 1.54) is 6.33 Å². The molecular formula is C22H19N7. The van der Waals surface area contributed by atoms with Crippen LogP contribution in [0.4, 0.5) is 5.82 Å². The predicted molar refractivity (Wildman–Crippen MR) is 113 cm³/mol. The van der Waals surface area contributed by atoms with Crippen LogP contribution in [0.3, 0.4) is 0 Å². The van der Waals surface area contributed by atoms with Crippen LogP contribution in [0.15, 0.2) is 61.3 Å². The number of nitrogens with zero attached hydrogens (tertiary/aromatic N) is 5. The van der Waals surface area contributed by atoms with E-state index < -0.39 is 0 Å². The average molecular weight is 381 g/mol. The summed E-state index contributed by atoms with van der Waals surface area (Å²) in [5.74, 6) is 0.734. The van der Waals surface area contributed by atoms with Crippen molar-refractivity contribution in [3.05, 3.63) is 72.4 Å². The Morgan fingerprint density at radius 3 is 2.86 bits per heavy atom. The van der Waals surface area contributed by atoms with Crippen molar-refractivity contribution in [2.24, 2.45) is 0 Å². The van der Waals surface area contributed by atoms with E-state index in [9.17, 15) is 0 Å². The molecule has 0 saturated carbocycles. The lowest BCUT2D eigenvalue weighted by atomic mass is 9.98. The summed E-state index contributed by atoms with van der Waals surface area (Å²) in [5, 5.41) is 12.4. The molecule has 29 heavy (non-hydrogen) atoms. The topological polar surface area (TPSA) is 92.3 Å². The van der Waals surface area contributed by atoms with E-state index in [2.05, 4.69) is 68.6 Å². The largest absolute Gasteiger partial charge is 0.363 e. The smallest absolute Gasteiger partial charge is 0.160 e. The number of rotatable bonds is 4. The van der Waals surface area contributed by atoms with Gasteiger partial charge < -0.3 is 5.32 Å². The van der Waals surface area contributed by atoms with Crippen molar-refractivity contribution < 1.29 is 0 Å². The first-order chi connectivity index (χ1) is 14.2. The molecule has 7 nitrogen and oxygen atoms in total. The van der Waals surface area contributed by atoms with Crippen molar-refractivity contribution in [3.63, 3.8) is 0 Å². The van der Waals surface area contributed by atoms with Crippen molar-refractivity contribution >= 4 is 27.8 Å². The van der Waals surface area contributed by atoms with Gasteiger partial charge in [0.25, 0.3) is 0 Å². The number of hydrogen-bond donors (Lipinski definition) is 2. The van der Waals surface area contributed by atoms with Crippen LogP contribution < -0.4 is 5.32 Å². The minimum atomic E-state index is -0.0457. The van der Waals surface area contributed by atoms with Gasteiger partial charge in [-0.2, -0.15) is 5.10 Å². The number of H-pyrrole nitrogens is 1. The monoisotopic (exact) mass is 381 g/mol. The molecule has 0 bridgehead atoms. The number of aryl methyl sites for hydroxylation is 1. The van der Waals surface area contributed by atoms with Crippen molar-refractivity contribution in [1.29, 1.82) is 0 Å². The molecule has 0 saturated heterocycles. The molecule has 0 radical (unpaired) electrons. The normalized spacial score (nSPS) is 12.3. The van der Waals surface area contributed by atoms with E-state index >= 15 is 0 Å². The highest BCUT2D eigenvalue weighted by molar-refractivity contribution is 5.87. The van der Waals surface area contributed by atoms with E-state index in [0.717, 1.165) is 44.5 Å². The minimum absolute atomic E-state index is 0.0457. The Morgan fingerprint density at radius 2 is 2.00 bits per heavy atom. The van der Waals surface area contributed by atoms with E-state index in [-0.39, 0.29) is 6.04 Å². The number of pyridine rings is 2. The Labute approximate surface area is 167 Å². The molecule has 0 aliphatic rings. The highest BCUT2D eigenvalue weighted by Crippen LogP contribution is 2.32. The number of anilines is 1. The molecule has 2 N–H and O–H groups in total. The summed E-state index contributed by atoms with van der Waals surface area (Å²) < 4.78 is 0. The Balaban J connectivity index is 1.65. The highest BCUT2D eigenvalue weighted by atomic mass is 15.2. The van der Waals surface area contributed by atoms with Crippen LogP contribution >= 0.6 is 0 Å². The molecule has 0 spiro atoms. The molecule has 0 aliphatic heterocycles. The van der Waals surface area contributed by atoms with E-state index in [4.69, 9.17) is 4.98 Å². The summed E-state index contributed by atoms with van der Waals surface area (Å²) >= 11 is 0. The molecule has 7 heteroatoms. The Hall–Kier alpha value is -3.87. The molecule has 0 unspecified atom stereocenters. The van der Waals surface area contributed by atoms with E-state index in [1.807, 2.05) is 18.3 Å². The summed E-state index contributed by atoms with van der Waals surface area (Å²) in [6, 6.07) is 12.4. The van der Waals surface area contributed by atoms with E-state index in [1.54, 1.807) is 12.4 Å². The van der Waals surface area contributed by atoms with Crippen molar-refractivity contribution in [3.8, 4) is 11.3 Å². The third-order valence-corrected chi connectivity index (χ3v) is 5.08. The molecule has 1 atom stereocenters. The van der Waals surface area contributed by atoms with Gasteiger partial charge in [-0.1, -0.05) is 18.2 Å². The predicted octanol–water partition coefficient (Wildman–Crippen LogP) is 4.44. The van der Waals surface area contributed by atoms with Crippen LogP contribution in [0.5, 0.6) is 0 Å². The Bertz CT molecular complexity index is 1310. The second-order valence-corrected chi connectivity index (χ2v) is 7.04. The fourth-order valence-corrected chi connectivity index (χ4v) is 3.59. The molecule has 5 aromatic rings. The third-order valence-electron chi connectivity index (χ3n) is 5.08. The van der Waals surface area contributed by atoms with Gasteiger partial charge in [-0.3, -0.25) is 10.1 Å². The van der Waals surface area contributed by atoms with Gasteiger partial charge in [-0.25, -0.2) is 15.0 Å². The Kier molecular flexibility index (Phi) is 4.13. The molecule has 4 aromatic heterocycles. The van der Waals surface area contributed by atoms with Crippen LogP contribution in [0.2, 0.25) is 0 Å². The van der Waals surface area contributed by atoms with Gasteiger partial charge in [0.1, 0.15) is 12.1 Å². The van der Waals surface area contributed by atoms with Crippen LogP contribution in [0.1, 0.15) is 24.1 Å². The fourth-order valence-electron chi connectivity index (χ4n) is 3.59. The molecule has 1 aromatic carbocycles. The number of aromatic amines is 1. The SMILES string of the molecule is Cc1cccc2cc([C@H](C)Nc3ncnc4[nH]ncc34)c(-c3cccnc3)nc12. The molecule has 4 heterocycles. The maximum atomic E-state index is 5.03. The molecular weight excluding hydrogens is 362 g/mol. The second kappa shape index (κ2) is 6.94.